The molecular weight excluding hydrogens is 358 g/mol. The second-order valence-corrected chi connectivity index (χ2v) is 7.40. The van der Waals surface area contributed by atoms with Crippen LogP contribution in [-0.4, -0.2) is 66.8 Å². The maximum Gasteiger partial charge on any atom is 0.236 e. The Balaban J connectivity index is 1.68. The van der Waals surface area contributed by atoms with Crippen molar-refractivity contribution in [3.05, 3.63) is 35.0 Å². The maximum atomic E-state index is 12.3. The van der Waals surface area contributed by atoms with E-state index in [1.165, 1.54) is 0 Å². The molecule has 3 rings (SSSR count). The van der Waals surface area contributed by atoms with E-state index in [4.69, 9.17) is 16.3 Å². The first kappa shape index (κ1) is 18.5. The lowest BCUT2D eigenvalue weighted by Gasteiger charge is -2.28. The number of hydrogen-bond donors (Lipinski definition) is 0. The summed E-state index contributed by atoms with van der Waals surface area (Å²) in [5, 5.41) is 1.56. The van der Waals surface area contributed by atoms with Crippen molar-refractivity contribution in [3.63, 3.8) is 0 Å². The molecule has 1 aromatic carbocycles. The number of hydrogen-bond acceptors (Lipinski definition) is 5. The smallest absolute Gasteiger partial charge is 0.236 e. The summed E-state index contributed by atoms with van der Waals surface area (Å²) in [4.78, 5) is 21.9. The summed E-state index contributed by atoms with van der Waals surface area (Å²) < 4.78 is 5.29. The second-order valence-electron chi connectivity index (χ2n) is 6.16. The molecule has 0 spiro atoms. The van der Waals surface area contributed by atoms with Gasteiger partial charge in [0.25, 0.3) is 0 Å². The number of carbonyl (C=O) groups is 1. The predicted molar refractivity (Wildman–Crippen MR) is 102 cm³/mol. The Morgan fingerprint density at radius 3 is 2.84 bits per heavy atom. The molecule has 0 saturated carbocycles. The normalized spacial score (nSPS) is 15.1. The van der Waals surface area contributed by atoms with Gasteiger partial charge in [-0.3, -0.25) is 9.69 Å². The van der Waals surface area contributed by atoms with E-state index in [-0.39, 0.29) is 5.91 Å². The Hall–Kier alpha value is -1.34. The minimum Gasteiger partial charge on any atom is -0.378 e. The highest BCUT2D eigenvalue weighted by atomic mass is 35.5. The van der Waals surface area contributed by atoms with Crippen molar-refractivity contribution in [3.8, 4) is 0 Å². The third-order valence-electron chi connectivity index (χ3n) is 4.26. The maximum absolute atomic E-state index is 12.3. The first-order chi connectivity index (χ1) is 12.1. The number of halogens is 1. The van der Waals surface area contributed by atoms with Gasteiger partial charge in [0.1, 0.15) is 5.15 Å². The van der Waals surface area contributed by atoms with E-state index in [0.29, 0.717) is 44.5 Å². The van der Waals surface area contributed by atoms with E-state index < -0.39 is 0 Å². The standard InChI is InChI=1S/C18H22ClN3O2S/c1-21(12-17(23)22-5-7-24-8-6-22)11-14-9-13-3-4-15(25-2)10-16(13)20-18(14)19/h3-4,9-10H,5-8,11-12H2,1-2H3. The molecule has 0 bridgehead atoms. The minimum atomic E-state index is 0.125. The van der Waals surface area contributed by atoms with Crippen LogP contribution in [-0.2, 0) is 16.1 Å². The topological polar surface area (TPSA) is 45.7 Å². The molecule has 1 aromatic heterocycles. The number of pyridine rings is 1. The van der Waals surface area contributed by atoms with Crippen LogP contribution in [0.2, 0.25) is 5.15 Å². The summed E-state index contributed by atoms with van der Waals surface area (Å²) in [5.41, 5.74) is 1.83. The van der Waals surface area contributed by atoms with Crippen molar-refractivity contribution in [2.75, 3.05) is 46.2 Å². The van der Waals surface area contributed by atoms with Crippen molar-refractivity contribution in [2.24, 2.45) is 0 Å². The number of carbonyl (C=O) groups excluding carboxylic acids is 1. The van der Waals surface area contributed by atoms with Crippen LogP contribution in [0.1, 0.15) is 5.56 Å². The van der Waals surface area contributed by atoms with Gasteiger partial charge in [-0.05, 0) is 31.5 Å². The molecule has 7 heteroatoms. The monoisotopic (exact) mass is 379 g/mol. The average molecular weight is 380 g/mol. The van der Waals surface area contributed by atoms with Crippen molar-refractivity contribution >= 4 is 40.2 Å². The van der Waals surface area contributed by atoms with E-state index in [9.17, 15) is 4.79 Å². The first-order valence-corrected chi connectivity index (χ1v) is 9.84. The predicted octanol–water partition coefficient (Wildman–Crippen LogP) is 2.90. The molecule has 134 valence electrons. The Morgan fingerprint density at radius 1 is 1.36 bits per heavy atom. The molecular formula is C18H22ClN3O2S. The first-order valence-electron chi connectivity index (χ1n) is 8.24. The van der Waals surface area contributed by atoms with E-state index in [1.807, 2.05) is 29.2 Å². The zero-order valence-corrected chi connectivity index (χ0v) is 16.1. The van der Waals surface area contributed by atoms with Crippen LogP contribution in [0.4, 0.5) is 0 Å². The van der Waals surface area contributed by atoms with Crippen molar-refractivity contribution in [1.82, 2.24) is 14.8 Å². The third-order valence-corrected chi connectivity index (χ3v) is 5.31. The lowest BCUT2D eigenvalue weighted by molar-refractivity contribution is -0.136. The number of amides is 1. The molecule has 1 saturated heterocycles. The number of morpholine rings is 1. The van der Waals surface area contributed by atoms with Gasteiger partial charge in [0.15, 0.2) is 0 Å². The number of ether oxygens (including phenoxy) is 1. The van der Waals surface area contributed by atoms with E-state index in [2.05, 4.69) is 23.2 Å². The molecule has 5 nitrogen and oxygen atoms in total. The van der Waals surface area contributed by atoms with Gasteiger partial charge in [-0.25, -0.2) is 4.98 Å². The lowest BCUT2D eigenvalue weighted by atomic mass is 10.1. The van der Waals surface area contributed by atoms with Gasteiger partial charge < -0.3 is 9.64 Å². The highest BCUT2D eigenvalue weighted by molar-refractivity contribution is 7.98. The van der Waals surface area contributed by atoms with E-state index in [1.54, 1.807) is 11.8 Å². The van der Waals surface area contributed by atoms with Crippen LogP contribution in [0.5, 0.6) is 0 Å². The fourth-order valence-electron chi connectivity index (χ4n) is 2.90. The molecule has 0 N–H and O–H groups in total. The lowest BCUT2D eigenvalue weighted by Crippen LogP contribution is -2.44. The van der Waals surface area contributed by atoms with Crippen molar-refractivity contribution < 1.29 is 9.53 Å². The zero-order chi connectivity index (χ0) is 17.8. The summed E-state index contributed by atoms with van der Waals surface area (Å²) in [6.07, 6.45) is 2.04. The van der Waals surface area contributed by atoms with Crippen LogP contribution in [0, 0.1) is 0 Å². The Bertz CT molecular complexity index is 765. The molecule has 1 fully saturated rings. The van der Waals surface area contributed by atoms with Crippen LogP contribution < -0.4 is 0 Å². The number of nitrogens with zero attached hydrogens (tertiary/aromatic N) is 3. The molecule has 2 aromatic rings. The van der Waals surface area contributed by atoms with Crippen LogP contribution in [0.25, 0.3) is 10.9 Å². The molecule has 2 heterocycles. The van der Waals surface area contributed by atoms with Gasteiger partial charge in [0.2, 0.25) is 5.91 Å². The summed E-state index contributed by atoms with van der Waals surface area (Å²) in [6, 6.07) is 8.25. The van der Waals surface area contributed by atoms with Crippen LogP contribution in [0.3, 0.4) is 0 Å². The minimum absolute atomic E-state index is 0.125. The number of rotatable bonds is 5. The fraction of sp³-hybridized carbons (Fsp3) is 0.444. The molecule has 1 aliphatic rings. The Labute approximate surface area is 157 Å². The summed E-state index contributed by atoms with van der Waals surface area (Å²) in [6.45, 7) is 3.52. The number of benzene rings is 1. The molecule has 1 aliphatic heterocycles. The third kappa shape index (κ3) is 4.64. The number of fused-ring (bicyclic) bond motifs is 1. The molecule has 0 unspecified atom stereocenters. The van der Waals surface area contributed by atoms with Gasteiger partial charge in [0, 0.05) is 35.5 Å². The SMILES string of the molecule is CSc1ccc2cc(CN(C)CC(=O)N3CCOCC3)c(Cl)nc2c1. The number of aromatic nitrogens is 1. The number of thioether (sulfide) groups is 1. The second kappa shape index (κ2) is 8.36. The fourth-order valence-corrected chi connectivity index (χ4v) is 3.53. The zero-order valence-electron chi connectivity index (χ0n) is 14.5. The van der Waals surface area contributed by atoms with Crippen LogP contribution >= 0.6 is 23.4 Å². The summed E-state index contributed by atoms with van der Waals surface area (Å²) in [7, 11) is 1.93. The Morgan fingerprint density at radius 2 is 2.12 bits per heavy atom. The largest absolute Gasteiger partial charge is 0.378 e. The van der Waals surface area contributed by atoms with Gasteiger partial charge >= 0.3 is 0 Å². The average Bonchev–Trinajstić information content (AvgIpc) is 2.62. The van der Waals surface area contributed by atoms with E-state index >= 15 is 0 Å². The molecule has 0 radical (unpaired) electrons. The van der Waals surface area contributed by atoms with Crippen LogP contribution in [0.15, 0.2) is 29.2 Å². The highest BCUT2D eigenvalue weighted by Gasteiger charge is 2.19. The molecule has 0 atom stereocenters. The van der Waals surface area contributed by atoms with Crippen molar-refractivity contribution in [1.29, 1.82) is 0 Å². The van der Waals surface area contributed by atoms with Gasteiger partial charge in [-0.1, -0.05) is 17.7 Å². The molecule has 0 aliphatic carbocycles. The van der Waals surface area contributed by atoms with Gasteiger partial charge in [-0.2, -0.15) is 0 Å². The van der Waals surface area contributed by atoms with Crippen molar-refractivity contribution in [2.45, 2.75) is 11.4 Å². The summed E-state index contributed by atoms with van der Waals surface area (Å²) in [5.74, 6) is 0.125. The molecule has 1 amide bonds. The van der Waals surface area contributed by atoms with Gasteiger partial charge in [0.05, 0.1) is 25.3 Å². The number of likely N-dealkylation sites (N-methyl/N-ethyl adjacent to an activating group) is 1. The Kier molecular flexibility index (Phi) is 6.17. The summed E-state index contributed by atoms with van der Waals surface area (Å²) >= 11 is 8.05. The highest BCUT2D eigenvalue weighted by Crippen LogP contribution is 2.25. The quantitative estimate of drug-likeness (QED) is 0.590. The molecule has 25 heavy (non-hydrogen) atoms. The van der Waals surface area contributed by atoms with E-state index in [0.717, 1.165) is 21.4 Å². The van der Waals surface area contributed by atoms with Gasteiger partial charge in [-0.15, -0.1) is 11.8 Å².